The summed E-state index contributed by atoms with van der Waals surface area (Å²) in [7, 11) is 0. The maximum atomic E-state index is 11.5. The number of ketones is 4. The minimum absolute atomic E-state index is 0.299. The molecule has 30 heavy (non-hydrogen) atoms. The van der Waals surface area contributed by atoms with Crippen LogP contribution < -0.4 is 0 Å². The van der Waals surface area contributed by atoms with Crippen molar-refractivity contribution in [3.8, 4) is 35.1 Å². The molecule has 2 rings (SSSR count). The maximum absolute atomic E-state index is 11.5. The number of pyridine rings is 2. The molecule has 0 spiro atoms. The van der Waals surface area contributed by atoms with E-state index in [2.05, 4.69) is 33.6 Å². The Morgan fingerprint density at radius 3 is 1.30 bits per heavy atom. The van der Waals surface area contributed by atoms with Crippen molar-refractivity contribution in [3.05, 3.63) is 47.8 Å². The van der Waals surface area contributed by atoms with E-state index in [-0.39, 0.29) is 23.1 Å². The van der Waals surface area contributed by atoms with Crippen LogP contribution in [0.5, 0.6) is 0 Å². The van der Waals surface area contributed by atoms with Gasteiger partial charge in [-0.15, -0.1) is 0 Å². The van der Waals surface area contributed by atoms with Crippen molar-refractivity contribution in [3.63, 3.8) is 0 Å². The maximum Gasteiger partial charge on any atom is 0.152 e. The average Bonchev–Trinajstić information content (AvgIpc) is 2.67. The number of Topliss-reactive ketones (excluding diaryl/α,β-unsaturated/α-hetero) is 4. The summed E-state index contributed by atoms with van der Waals surface area (Å²) in [6.07, 6.45) is 3.11. The van der Waals surface area contributed by atoms with Gasteiger partial charge in [0, 0.05) is 23.5 Å². The highest BCUT2D eigenvalue weighted by Gasteiger charge is 2.16. The van der Waals surface area contributed by atoms with E-state index >= 15 is 0 Å². The van der Waals surface area contributed by atoms with Crippen LogP contribution in [0.25, 0.3) is 11.4 Å². The van der Waals surface area contributed by atoms with Crippen molar-refractivity contribution < 1.29 is 19.2 Å². The molecule has 0 aliphatic rings. The van der Waals surface area contributed by atoms with Gasteiger partial charge in [-0.2, -0.15) is 0 Å². The zero-order valence-corrected chi connectivity index (χ0v) is 17.1. The van der Waals surface area contributed by atoms with E-state index in [1.165, 1.54) is 27.7 Å². The molecule has 0 N–H and O–H groups in total. The Labute approximate surface area is 175 Å². The van der Waals surface area contributed by atoms with E-state index in [9.17, 15) is 19.2 Å². The Hall–Kier alpha value is -3.90. The van der Waals surface area contributed by atoms with Gasteiger partial charge in [0.25, 0.3) is 0 Å². The topological polar surface area (TPSA) is 94.1 Å². The fourth-order valence-corrected chi connectivity index (χ4v) is 2.59. The van der Waals surface area contributed by atoms with Crippen molar-refractivity contribution in [2.45, 2.75) is 27.7 Å². The molecule has 0 aromatic carbocycles. The zero-order chi connectivity index (χ0) is 22.3. The van der Waals surface area contributed by atoms with Crippen LogP contribution in [0.1, 0.15) is 38.8 Å². The minimum atomic E-state index is -0.950. The van der Waals surface area contributed by atoms with Crippen molar-refractivity contribution >= 4 is 23.1 Å². The number of hydrogen-bond donors (Lipinski definition) is 0. The lowest BCUT2D eigenvalue weighted by molar-refractivity contribution is -0.129. The highest BCUT2D eigenvalue weighted by Crippen LogP contribution is 2.16. The second kappa shape index (κ2) is 10.0. The van der Waals surface area contributed by atoms with E-state index in [1.54, 1.807) is 36.7 Å². The Balaban J connectivity index is 2.35. The quantitative estimate of drug-likeness (QED) is 0.565. The van der Waals surface area contributed by atoms with Crippen LogP contribution >= 0.6 is 0 Å². The molecule has 2 aromatic rings. The van der Waals surface area contributed by atoms with Crippen LogP contribution in [0.2, 0.25) is 0 Å². The summed E-state index contributed by atoms with van der Waals surface area (Å²) >= 11 is 0. The highest BCUT2D eigenvalue weighted by atomic mass is 16.2. The van der Waals surface area contributed by atoms with Crippen LogP contribution in [0.4, 0.5) is 0 Å². The van der Waals surface area contributed by atoms with Crippen LogP contribution in [-0.4, -0.2) is 33.1 Å². The van der Waals surface area contributed by atoms with Crippen molar-refractivity contribution in [2.75, 3.05) is 0 Å². The molecule has 150 valence electrons. The molecular weight excluding hydrogens is 380 g/mol. The Morgan fingerprint density at radius 1 is 0.667 bits per heavy atom. The first kappa shape index (κ1) is 22.4. The monoisotopic (exact) mass is 400 g/mol. The number of carbonyl (C=O) groups excluding carboxylic acids is 4. The fraction of sp³-hybridized carbons (Fsp3) is 0.250. The largest absolute Gasteiger partial charge is 0.298 e. The number of carbonyl (C=O) groups is 4. The van der Waals surface area contributed by atoms with Gasteiger partial charge in [-0.3, -0.25) is 29.1 Å². The smallest absolute Gasteiger partial charge is 0.152 e. The molecule has 0 radical (unpaired) electrons. The van der Waals surface area contributed by atoms with Crippen LogP contribution in [0.3, 0.4) is 0 Å². The third-order valence-corrected chi connectivity index (χ3v) is 4.13. The van der Waals surface area contributed by atoms with Gasteiger partial charge in [0.1, 0.15) is 11.8 Å². The summed E-state index contributed by atoms with van der Waals surface area (Å²) in [5.41, 5.74) is 2.22. The highest BCUT2D eigenvalue weighted by molar-refractivity contribution is 6.03. The van der Waals surface area contributed by atoms with Crippen LogP contribution in [-0.2, 0) is 19.2 Å². The van der Waals surface area contributed by atoms with Gasteiger partial charge in [0.05, 0.1) is 11.4 Å². The third kappa shape index (κ3) is 6.05. The molecule has 0 saturated carbocycles. The second-order valence-corrected chi connectivity index (χ2v) is 6.71. The predicted octanol–water partition coefficient (Wildman–Crippen LogP) is 2.44. The molecule has 6 heteroatoms. The Morgan fingerprint density at radius 2 is 1.00 bits per heavy atom. The van der Waals surface area contributed by atoms with Gasteiger partial charge >= 0.3 is 0 Å². The molecular formula is C24H20N2O4. The summed E-state index contributed by atoms with van der Waals surface area (Å²) in [6.45, 7) is 5.33. The van der Waals surface area contributed by atoms with E-state index < -0.39 is 11.8 Å². The lowest BCUT2D eigenvalue weighted by Gasteiger charge is -2.03. The molecule has 2 aromatic heterocycles. The minimum Gasteiger partial charge on any atom is -0.298 e. The number of nitrogens with zero attached hydrogens (tertiary/aromatic N) is 2. The molecule has 6 nitrogen and oxygen atoms in total. The SMILES string of the molecule is CC(=O)C(C#Cc1ccnc(-c2cc(C#CC(C(C)=O)C(C)=O)ccn2)c1)C(C)=O. The summed E-state index contributed by atoms with van der Waals surface area (Å²) < 4.78 is 0. The van der Waals surface area contributed by atoms with Crippen LogP contribution in [0, 0.1) is 35.5 Å². The molecule has 0 aliphatic heterocycles. The average molecular weight is 400 g/mol. The molecule has 2 heterocycles. The molecule has 0 fully saturated rings. The van der Waals surface area contributed by atoms with Gasteiger partial charge in [-0.25, -0.2) is 0 Å². The van der Waals surface area contributed by atoms with Gasteiger partial charge in [-0.05, 0) is 52.0 Å². The third-order valence-electron chi connectivity index (χ3n) is 4.13. The molecule has 0 aliphatic carbocycles. The molecule has 0 saturated heterocycles. The number of hydrogen-bond acceptors (Lipinski definition) is 6. The summed E-state index contributed by atoms with van der Waals surface area (Å²) in [6, 6.07) is 6.72. The lowest BCUT2D eigenvalue weighted by atomic mass is 10.0. The van der Waals surface area contributed by atoms with Crippen molar-refractivity contribution in [1.29, 1.82) is 0 Å². The van der Waals surface area contributed by atoms with E-state index in [0.717, 1.165) is 0 Å². The standard InChI is InChI=1S/C24H20N2O4/c1-15(27)21(16(2)28)7-5-19-9-11-25-23(13-19)24-14-20(10-12-26-24)6-8-22(17(3)29)18(4)30/h9-14,21-22H,1-4H3. The normalized spacial score (nSPS) is 9.93. The number of aromatic nitrogens is 2. The first-order valence-electron chi connectivity index (χ1n) is 9.16. The fourth-order valence-electron chi connectivity index (χ4n) is 2.59. The molecule has 0 bridgehead atoms. The second-order valence-electron chi connectivity index (χ2n) is 6.71. The first-order chi connectivity index (χ1) is 14.2. The molecule has 0 amide bonds. The predicted molar refractivity (Wildman–Crippen MR) is 111 cm³/mol. The molecule has 0 unspecified atom stereocenters. The Kier molecular flexibility index (Phi) is 7.50. The Bertz CT molecular complexity index is 1020. The van der Waals surface area contributed by atoms with Gasteiger partial charge in [-0.1, -0.05) is 23.7 Å². The lowest BCUT2D eigenvalue weighted by Crippen LogP contribution is -2.17. The van der Waals surface area contributed by atoms with E-state index in [1.807, 2.05) is 0 Å². The van der Waals surface area contributed by atoms with Gasteiger partial charge < -0.3 is 0 Å². The summed E-state index contributed by atoms with van der Waals surface area (Å²) in [5, 5.41) is 0. The van der Waals surface area contributed by atoms with Gasteiger partial charge in [0.2, 0.25) is 0 Å². The van der Waals surface area contributed by atoms with E-state index in [0.29, 0.717) is 22.5 Å². The zero-order valence-electron chi connectivity index (χ0n) is 17.1. The van der Waals surface area contributed by atoms with Crippen LogP contribution in [0.15, 0.2) is 36.7 Å². The summed E-state index contributed by atoms with van der Waals surface area (Å²) in [5.74, 6) is 7.96. The van der Waals surface area contributed by atoms with E-state index in [4.69, 9.17) is 0 Å². The van der Waals surface area contributed by atoms with Crippen molar-refractivity contribution in [1.82, 2.24) is 9.97 Å². The number of rotatable bonds is 5. The first-order valence-corrected chi connectivity index (χ1v) is 9.16. The summed E-state index contributed by atoms with van der Waals surface area (Å²) in [4.78, 5) is 54.7. The molecule has 0 atom stereocenters. The van der Waals surface area contributed by atoms with Gasteiger partial charge in [0.15, 0.2) is 23.1 Å². The van der Waals surface area contributed by atoms with Crippen molar-refractivity contribution in [2.24, 2.45) is 11.8 Å².